The zero-order valence-electron chi connectivity index (χ0n) is 12.1. The summed E-state index contributed by atoms with van der Waals surface area (Å²) in [7, 11) is 1.83. The number of hydrogen-bond acceptors (Lipinski definition) is 5. The zero-order valence-corrected chi connectivity index (χ0v) is 13.8. The van der Waals surface area contributed by atoms with E-state index in [9.17, 15) is 4.79 Å². The zero-order chi connectivity index (χ0) is 14.9. The van der Waals surface area contributed by atoms with E-state index in [4.69, 9.17) is 5.73 Å². The van der Waals surface area contributed by atoms with E-state index in [1.54, 1.807) is 22.9 Å². The van der Waals surface area contributed by atoms with Gasteiger partial charge in [0.15, 0.2) is 0 Å². The molecule has 20 heavy (non-hydrogen) atoms. The van der Waals surface area contributed by atoms with Crippen LogP contribution in [0.5, 0.6) is 0 Å². The summed E-state index contributed by atoms with van der Waals surface area (Å²) >= 11 is 3.10. The fourth-order valence-corrected chi connectivity index (χ4v) is 3.90. The first-order chi connectivity index (χ1) is 9.47. The number of carbonyl (C=O) groups is 1. The van der Waals surface area contributed by atoms with E-state index in [2.05, 4.69) is 4.98 Å². The molecule has 1 amide bonds. The van der Waals surface area contributed by atoms with Crippen molar-refractivity contribution in [1.29, 1.82) is 0 Å². The number of hydrogen-bond donors (Lipinski definition) is 1. The normalized spacial score (nSPS) is 12.6. The minimum atomic E-state index is -0.0218. The van der Waals surface area contributed by atoms with Crippen molar-refractivity contribution in [3.63, 3.8) is 0 Å². The molecule has 1 atom stereocenters. The van der Waals surface area contributed by atoms with Crippen LogP contribution in [0.4, 0.5) is 5.69 Å². The minimum absolute atomic E-state index is 0.0218. The molecule has 0 aliphatic rings. The van der Waals surface area contributed by atoms with E-state index in [1.807, 2.05) is 33.2 Å². The van der Waals surface area contributed by atoms with Crippen molar-refractivity contribution in [2.75, 3.05) is 24.8 Å². The number of nitrogen functional groups attached to an aromatic ring is 1. The SMILES string of the molecule is CSCC(C)N(C)C(=O)c1sc2nccc(C)c2c1N. The van der Waals surface area contributed by atoms with Crippen molar-refractivity contribution < 1.29 is 4.79 Å². The number of amides is 1. The molecule has 0 bridgehead atoms. The number of pyridine rings is 1. The molecule has 1 unspecified atom stereocenters. The lowest BCUT2D eigenvalue weighted by atomic mass is 10.1. The number of anilines is 1. The van der Waals surface area contributed by atoms with Crippen molar-refractivity contribution in [2.24, 2.45) is 0 Å². The van der Waals surface area contributed by atoms with Crippen molar-refractivity contribution in [1.82, 2.24) is 9.88 Å². The molecule has 0 spiro atoms. The number of thiophene rings is 1. The predicted octanol–water partition coefficient (Wildman–Crippen LogP) is 3.01. The largest absolute Gasteiger partial charge is 0.397 e. The number of nitrogens with two attached hydrogens (primary N) is 1. The van der Waals surface area contributed by atoms with Gasteiger partial charge in [-0.25, -0.2) is 4.98 Å². The van der Waals surface area contributed by atoms with Gasteiger partial charge in [0.1, 0.15) is 9.71 Å². The van der Waals surface area contributed by atoms with Crippen molar-refractivity contribution in [2.45, 2.75) is 19.9 Å². The lowest BCUT2D eigenvalue weighted by molar-refractivity contribution is 0.0763. The van der Waals surface area contributed by atoms with Crippen LogP contribution in [-0.4, -0.2) is 40.9 Å². The molecule has 0 saturated carbocycles. The summed E-state index contributed by atoms with van der Waals surface area (Å²) in [4.78, 5) is 20.1. The van der Waals surface area contributed by atoms with Gasteiger partial charge in [-0.1, -0.05) is 0 Å². The number of aryl methyl sites for hydroxylation is 1. The number of rotatable bonds is 4. The van der Waals surface area contributed by atoms with Crippen molar-refractivity contribution >= 4 is 44.9 Å². The average molecular weight is 309 g/mol. The van der Waals surface area contributed by atoms with Crippen LogP contribution >= 0.6 is 23.1 Å². The van der Waals surface area contributed by atoms with Crippen molar-refractivity contribution in [3.8, 4) is 0 Å². The summed E-state index contributed by atoms with van der Waals surface area (Å²) in [6.07, 6.45) is 3.79. The molecule has 0 aliphatic carbocycles. The summed E-state index contributed by atoms with van der Waals surface area (Å²) in [6, 6.07) is 2.09. The second kappa shape index (κ2) is 6.01. The molecule has 2 N–H and O–H groups in total. The summed E-state index contributed by atoms with van der Waals surface area (Å²) in [5.41, 5.74) is 7.79. The number of carbonyl (C=O) groups excluding carboxylic acids is 1. The Morgan fingerprint density at radius 1 is 1.60 bits per heavy atom. The smallest absolute Gasteiger partial charge is 0.266 e. The quantitative estimate of drug-likeness (QED) is 0.943. The first-order valence-corrected chi connectivity index (χ1v) is 8.58. The molecule has 0 fully saturated rings. The predicted molar refractivity (Wildman–Crippen MR) is 88.7 cm³/mol. The Bertz CT molecular complexity index is 639. The van der Waals surface area contributed by atoms with E-state index in [0.717, 1.165) is 21.5 Å². The van der Waals surface area contributed by atoms with Crippen LogP contribution in [0.1, 0.15) is 22.2 Å². The molecule has 0 radical (unpaired) electrons. The van der Waals surface area contributed by atoms with Crippen LogP contribution in [-0.2, 0) is 0 Å². The van der Waals surface area contributed by atoms with Gasteiger partial charge in [0.2, 0.25) is 0 Å². The lowest BCUT2D eigenvalue weighted by Crippen LogP contribution is -2.36. The van der Waals surface area contributed by atoms with E-state index < -0.39 is 0 Å². The Balaban J connectivity index is 2.40. The third-order valence-electron chi connectivity index (χ3n) is 3.42. The van der Waals surface area contributed by atoms with Crippen LogP contribution in [0.15, 0.2) is 12.3 Å². The molecular weight excluding hydrogens is 290 g/mol. The van der Waals surface area contributed by atoms with Crippen LogP contribution in [0.2, 0.25) is 0 Å². The topological polar surface area (TPSA) is 59.2 Å². The number of fused-ring (bicyclic) bond motifs is 1. The highest BCUT2D eigenvalue weighted by molar-refractivity contribution is 7.98. The Labute approximate surface area is 127 Å². The second-order valence-corrected chi connectivity index (χ2v) is 6.78. The average Bonchev–Trinajstić information content (AvgIpc) is 2.76. The van der Waals surface area contributed by atoms with Crippen LogP contribution < -0.4 is 5.73 Å². The Kier molecular flexibility index (Phi) is 4.55. The summed E-state index contributed by atoms with van der Waals surface area (Å²) < 4.78 is 0. The van der Waals surface area contributed by atoms with Gasteiger partial charge in [0, 0.05) is 30.4 Å². The fourth-order valence-electron chi connectivity index (χ4n) is 2.08. The van der Waals surface area contributed by atoms with Gasteiger partial charge < -0.3 is 10.6 Å². The molecular formula is C14H19N3OS2. The molecule has 0 aromatic carbocycles. The third-order valence-corrected chi connectivity index (χ3v) is 5.34. The van der Waals surface area contributed by atoms with E-state index in [1.165, 1.54) is 11.3 Å². The highest BCUT2D eigenvalue weighted by atomic mass is 32.2. The first-order valence-electron chi connectivity index (χ1n) is 6.37. The second-order valence-electron chi connectivity index (χ2n) is 4.87. The van der Waals surface area contributed by atoms with Gasteiger partial charge in [-0.05, 0) is 31.7 Å². The lowest BCUT2D eigenvalue weighted by Gasteiger charge is -2.23. The monoisotopic (exact) mass is 309 g/mol. The third kappa shape index (κ3) is 2.62. The van der Waals surface area contributed by atoms with E-state index in [-0.39, 0.29) is 11.9 Å². The number of thioether (sulfide) groups is 1. The summed E-state index contributed by atoms with van der Waals surface area (Å²) in [5, 5.41) is 0.909. The molecule has 0 saturated heterocycles. The first kappa shape index (κ1) is 15.1. The van der Waals surface area contributed by atoms with E-state index in [0.29, 0.717) is 10.6 Å². The maximum atomic E-state index is 12.6. The minimum Gasteiger partial charge on any atom is -0.397 e. The molecule has 0 aliphatic heterocycles. The van der Waals surface area contributed by atoms with Crippen LogP contribution in [0.3, 0.4) is 0 Å². The summed E-state index contributed by atoms with van der Waals surface area (Å²) in [5.74, 6) is 0.885. The van der Waals surface area contributed by atoms with Gasteiger partial charge in [0.05, 0.1) is 5.69 Å². The van der Waals surface area contributed by atoms with Gasteiger partial charge in [-0.3, -0.25) is 4.79 Å². The van der Waals surface area contributed by atoms with Crippen LogP contribution in [0, 0.1) is 6.92 Å². The standard InChI is InChI=1S/C14H19N3OS2/c1-8-5-6-16-13-10(8)11(15)12(20-13)14(18)17(3)9(2)7-19-4/h5-6,9H,7,15H2,1-4H3. The van der Waals surface area contributed by atoms with E-state index >= 15 is 0 Å². The molecule has 2 heterocycles. The maximum Gasteiger partial charge on any atom is 0.266 e. The van der Waals surface area contributed by atoms with Gasteiger partial charge in [-0.2, -0.15) is 11.8 Å². The van der Waals surface area contributed by atoms with Crippen molar-refractivity contribution in [3.05, 3.63) is 22.7 Å². The highest BCUT2D eigenvalue weighted by Gasteiger charge is 2.23. The Morgan fingerprint density at radius 3 is 2.90 bits per heavy atom. The molecule has 2 rings (SSSR count). The van der Waals surface area contributed by atoms with Crippen LogP contribution in [0.25, 0.3) is 10.2 Å². The van der Waals surface area contributed by atoms with Gasteiger partial charge in [0.25, 0.3) is 5.91 Å². The highest BCUT2D eigenvalue weighted by Crippen LogP contribution is 2.35. The fraction of sp³-hybridized carbons (Fsp3) is 0.429. The van der Waals surface area contributed by atoms with Gasteiger partial charge >= 0.3 is 0 Å². The Hall–Kier alpha value is -1.27. The summed E-state index contributed by atoms with van der Waals surface area (Å²) in [6.45, 7) is 4.03. The molecule has 2 aromatic rings. The molecule has 6 heteroatoms. The Morgan fingerprint density at radius 2 is 2.30 bits per heavy atom. The van der Waals surface area contributed by atoms with Gasteiger partial charge in [-0.15, -0.1) is 11.3 Å². The molecule has 4 nitrogen and oxygen atoms in total. The molecule has 2 aromatic heterocycles. The maximum absolute atomic E-state index is 12.6. The number of aromatic nitrogens is 1. The molecule has 108 valence electrons. The number of nitrogens with zero attached hydrogens (tertiary/aromatic N) is 2.